The summed E-state index contributed by atoms with van der Waals surface area (Å²) >= 11 is 6.08. The van der Waals surface area contributed by atoms with Gasteiger partial charge in [0, 0.05) is 31.2 Å². The topological polar surface area (TPSA) is 116 Å². The van der Waals surface area contributed by atoms with Crippen LogP contribution < -0.4 is 5.56 Å². The van der Waals surface area contributed by atoms with Crippen LogP contribution >= 0.6 is 11.6 Å². The summed E-state index contributed by atoms with van der Waals surface area (Å²) < 4.78 is 1.25. The van der Waals surface area contributed by atoms with E-state index in [-0.39, 0.29) is 24.4 Å². The molecule has 0 saturated carbocycles. The van der Waals surface area contributed by atoms with Gasteiger partial charge < -0.3 is 10.0 Å². The highest BCUT2D eigenvalue weighted by molar-refractivity contribution is 6.30. The zero-order chi connectivity index (χ0) is 22.1. The molecule has 1 amide bonds. The largest absolute Gasteiger partial charge is 0.483 e. The first-order chi connectivity index (χ1) is 14.4. The molecule has 0 atom stereocenters. The Hall–Kier alpha value is -3.18. The molecule has 0 radical (unpaired) electrons. The van der Waals surface area contributed by atoms with Gasteiger partial charge in [-0.3, -0.25) is 14.4 Å². The molecule has 1 aliphatic rings. The maximum absolute atomic E-state index is 12.5. The molecule has 158 valence electrons. The molecular weight excluding hydrogens is 408 g/mol. The van der Waals surface area contributed by atoms with Gasteiger partial charge in [-0.2, -0.15) is 10.4 Å². The van der Waals surface area contributed by atoms with Crippen molar-refractivity contribution in [3.05, 3.63) is 62.5 Å². The van der Waals surface area contributed by atoms with Gasteiger partial charge in [0.15, 0.2) is 0 Å². The van der Waals surface area contributed by atoms with Crippen molar-refractivity contribution in [1.82, 2.24) is 14.7 Å². The zero-order valence-corrected chi connectivity index (χ0v) is 17.4. The summed E-state index contributed by atoms with van der Waals surface area (Å²) in [6.07, 6.45) is 2.90. The number of hydrogen-bond acceptors (Lipinski definition) is 5. The minimum atomic E-state index is -0.250. The van der Waals surface area contributed by atoms with Crippen LogP contribution in [0.5, 0.6) is 0 Å². The van der Waals surface area contributed by atoms with Gasteiger partial charge in [-0.05, 0) is 55.0 Å². The number of nitrogens with zero attached hydrogens (tertiary/aromatic N) is 4. The van der Waals surface area contributed by atoms with Gasteiger partial charge in [0.05, 0.1) is 23.7 Å². The van der Waals surface area contributed by atoms with Gasteiger partial charge in [-0.1, -0.05) is 11.6 Å². The third-order valence-corrected chi connectivity index (χ3v) is 5.14. The fourth-order valence-electron chi connectivity index (χ4n) is 3.46. The van der Waals surface area contributed by atoms with Gasteiger partial charge in [-0.15, -0.1) is 0 Å². The van der Waals surface area contributed by atoms with Gasteiger partial charge in [0.2, 0.25) is 5.91 Å². The SMILES string of the molecule is Cn1nc(CC(=O)N2CCC(Cc3cc(Cl)cc(C#N)c3)CC2)ccc1=O.O=CO. The van der Waals surface area contributed by atoms with Gasteiger partial charge in [0.1, 0.15) is 0 Å². The highest BCUT2D eigenvalue weighted by atomic mass is 35.5. The number of carbonyl (C=O) groups excluding carboxylic acids is 1. The number of carbonyl (C=O) groups is 2. The quantitative estimate of drug-likeness (QED) is 0.742. The number of halogens is 1. The second-order valence-electron chi connectivity index (χ2n) is 7.06. The van der Waals surface area contributed by atoms with Crippen molar-refractivity contribution in [2.75, 3.05) is 13.1 Å². The lowest BCUT2D eigenvalue weighted by Gasteiger charge is -2.32. The van der Waals surface area contributed by atoms with Crippen molar-refractivity contribution in [3.63, 3.8) is 0 Å². The standard InChI is InChI=1S/C20H21ClN4O2.CH2O2/c1-24-19(26)3-2-18(23-24)12-20(27)25-6-4-14(5-7-25)8-15-9-16(13-22)11-17(21)10-15;2-1-3/h2-3,9-11,14H,4-8,12H2,1H3;1H,(H,2,3). The van der Waals surface area contributed by atoms with Crippen LogP contribution in [-0.2, 0) is 29.5 Å². The third-order valence-electron chi connectivity index (χ3n) is 4.93. The normalized spacial score (nSPS) is 13.7. The Morgan fingerprint density at radius 2 is 2.00 bits per heavy atom. The van der Waals surface area contributed by atoms with E-state index in [0.717, 1.165) is 24.8 Å². The van der Waals surface area contributed by atoms with Crippen molar-refractivity contribution in [1.29, 1.82) is 5.26 Å². The van der Waals surface area contributed by atoms with E-state index in [1.807, 2.05) is 17.0 Å². The monoisotopic (exact) mass is 430 g/mol. The lowest BCUT2D eigenvalue weighted by atomic mass is 9.89. The Kier molecular flexibility index (Phi) is 8.56. The first-order valence-corrected chi connectivity index (χ1v) is 9.82. The number of carboxylic acid groups (broad SMARTS) is 1. The number of likely N-dealkylation sites (tertiary alicyclic amines) is 1. The smallest absolute Gasteiger partial charge is 0.290 e. The van der Waals surface area contributed by atoms with Crippen molar-refractivity contribution in [2.24, 2.45) is 13.0 Å². The molecule has 2 aromatic rings. The molecular formula is C21H23ClN4O4. The van der Waals surface area contributed by atoms with E-state index < -0.39 is 0 Å². The lowest BCUT2D eigenvalue weighted by Crippen LogP contribution is -2.40. The van der Waals surface area contributed by atoms with E-state index >= 15 is 0 Å². The second kappa shape index (κ2) is 11.1. The third kappa shape index (κ3) is 6.71. The average Bonchev–Trinajstić information content (AvgIpc) is 2.71. The van der Waals surface area contributed by atoms with E-state index in [9.17, 15) is 9.59 Å². The molecule has 8 nitrogen and oxygen atoms in total. The molecule has 0 unspecified atom stereocenters. The van der Waals surface area contributed by atoms with E-state index in [1.165, 1.54) is 10.7 Å². The van der Waals surface area contributed by atoms with Gasteiger partial charge in [0.25, 0.3) is 12.0 Å². The summed E-state index contributed by atoms with van der Waals surface area (Å²) in [6, 6.07) is 10.6. The summed E-state index contributed by atoms with van der Waals surface area (Å²) in [5.74, 6) is 0.504. The molecule has 1 N–H and O–H groups in total. The van der Waals surface area contributed by atoms with E-state index in [0.29, 0.717) is 35.3 Å². The summed E-state index contributed by atoms with van der Waals surface area (Å²) in [5.41, 5.74) is 2.06. The molecule has 9 heteroatoms. The minimum absolute atomic E-state index is 0.0362. The number of aromatic nitrogens is 2. The molecule has 1 aromatic carbocycles. The molecule has 1 aliphatic heterocycles. The van der Waals surface area contributed by atoms with Crippen LogP contribution in [0, 0.1) is 17.2 Å². The van der Waals surface area contributed by atoms with Crippen LogP contribution in [0.15, 0.2) is 35.1 Å². The Balaban J connectivity index is 0.00000101. The fourth-order valence-corrected chi connectivity index (χ4v) is 3.72. The van der Waals surface area contributed by atoms with Gasteiger partial charge in [-0.25, -0.2) is 4.68 Å². The molecule has 1 aromatic heterocycles. The molecule has 1 saturated heterocycles. The predicted octanol–water partition coefficient (Wildman–Crippen LogP) is 2.03. The van der Waals surface area contributed by atoms with Gasteiger partial charge >= 0.3 is 0 Å². The number of hydrogen-bond donors (Lipinski definition) is 1. The number of rotatable bonds is 4. The number of nitriles is 1. The Morgan fingerprint density at radius 3 is 2.60 bits per heavy atom. The van der Waals surface area contributed by atoms with Crippen LogP contribution in [0.4, 0.5) is 0 Å². The molecule has 2 heterocycles. The number of benzene rings is 1. The van der Waals surface area contributed by atoms with Crippen LogP contribution in [0.25, 0.3) is 0 Å². The maximum atomic E-state index is 12.5. The Labute approximate surface area is 179 Å². The summed E-state index contributed by atoms with van der Waals surface area (Å²) in [5, 5.41) is 20.7. The van der Waals surface area contributed by atoms with Crippen molar-refractivity contribution < 1.29 is 14.7 Å². The molecule has 1 fully saturated rings. The van der Waals surface area contributed by atoms with E-state index in [2.05, 4.69) is 11.2 Å². The predicted molar refractivity (Wildman–Crippen MR) is 111 cm³/mol. The summed E-state index contributed by atoms with van der Waals surface area (Å²) in [6.45, 7) is 1.17. The van der Waals surface area contributed by atoms with Crippen molar-refractivity contribution in [3.8, 4) is 6.07 Å². The van der Waals surface area contributed by atoms with Crippen molar-refractivity contribution >= 4 is 24.0 Å². The Bertz CT molecular complexity index is 991. The minimum Gasteiger partial charge on any atom is -0.483 e. The first kappa shape index (κ1) is 23.1. The van der Waals surface area contributed by atoms with Crippen LogP contribution in [-0.4, -0.2) is 45.3 Å². The van der Waals surface area contributed by atoms with E-state index in [1.54, 1.807) is 19.2 Å². The number of aryl methyl sites for hydroxylation is 1. The van der Waals surface area contributed by atoms with Crippen LogP contribution in [0.2, 0.25) is 5.02 Å². The van der Waals surface area contributed by atoms with Crippen LogP contribution in [0.3, 0.4) is 0 Å². The lowest BCUT2D eigenvalue weighted by molar-refractivity contribution is -0.132. The zero-order valence-electron chi connectivity index (χ0n) is 16.6. The molecule has 0 spiro atoms. The highest BCUT2D eigenvalue weighted by Crippen LogP contribution is 2.24. The highest BCUT2D eigenvalue weighted by Gasteiger charge is 2.23. The summed E-state index contributed by atoms with van der Waals surface area (Å²) in [7, 11) is 1.58. The fraction of sp³-hybridized carbons (Fsp3) is 0.381. The Morgan fingerprint density at radius 1 is 1.33 bits per heavy atom. The molecule has 0 bridgehead atoms. The second-order valence-corrected chi connectivity index (χ2v) is 7.49. The number of piperidine rings is 1. The molecule has 30 heavy (non-hydrogen) atoms. The van der Waals surface area contributed by atoms with Crippen LogP contribution in [0.1, 0.15) is 29.7 Å². The molecule has 0 aliphatic carbocycles. The maximum Gasteiger partial charge on any atom is 0.290 e. The average molecular weight is 431 g/mol. The summed E-state index contributed by atoms with van der Waals surface area (Å²) in [4.78, 5) is 34.1. The number of amides is 1. The molecule has 3 rings (SSSR count). The van der Waals surface area contributed by atoms with E-state index in [4.69, 9.17) is 26.8 Å². The van der Waals surface area contributed by atoms with Crippen molar-refractivity contribution in [2.45, 2.75) is 25.7 Å². The first-order valence-electron chi connectivity index (χ1n) is 9.44.